The first-order valence-corrected chi connectivity index (χ1v) is 5.43. The minimum Gasteiger partial charge on any atom is -0.539 e. The molecule has 0 saturated carbocycles. The Balaban J connectivity index is -0.0000000202. The van der Waals surface area contributed by atoms with Crippen LogP contribution in [0.1, 0.15) is 0 Å². The molecule has 0 aliphatic heterocycles. The molecule has 218 valence electrons. The number of hydrogen-bond donors (Lipinski definition) is 5. The van der Waals surface area contributed by atoms with E-state index in [1.165, 1.54) is 0 Å². The van der Waals surface area contributed by atoms with Crippen LogP contribution in [0.5, 0.6) is 0 Å². The molecule has 0 bridgehead atoms. The van der Waals surface area contributed by atoms with Gasteiger partial charge in [0, 0.05) is 0 Å². The summed E-state index contributed by atoms with van der Waals surface area (Å²) in [4.78, 5) is 90.1. The Kier molecular flexibility index (Phi) is 93.0. The molecule has 0 atom stereocenters. The standard InChI is InChI=1S/5C2H2O4.Nb.6H2O/c5*3-1(4)2(5)6;;;;;;;/h5*(H,3,4)(H,5,6);;6*1H2/q;;;;;+5;;;;;;/p-5. The first kappa shape index (κ1) is 76.8. The molecule has 0 amide bonds. The maximum absolute atomic E-state index is 9.04. The Labute approximate surface area is 214 Å². The van der Waals surface area contributed by atoms with Crippen molar-refractivity contribution in [2.24, 2.45) is 0 Å². The van der Waals surface area contributed by atoms with E-state index in [9.17, 15) is 0 Å². The van der Waals surface area contributed by atoms with E-state index < -0.39 is 59.7 Å². The van der Waals surface area contributed by atoms with Crippen LogP contribution in [-0.2, 0) is 70.3 Å². The van der Waals surface area contributed by atoms with E-state index in [0.29, 0.717) is 0 Å². The average molecular weight is 646 g/mol. The predicted octanol–water partition coefficient (Wildman–Crippen LogP) is -15.8. The second kappa shape index (κ2) is 44.8. The van der Waals surface area contributed by atoms with Gasteiger partial charge < -0.3 is 108 Å². The number of aliphatic carboxylic acids is 10. The van der Waals surface area contributed by atoms with Crippen molar-refractivity contribution in [3.63, 3.8) is 0 Å². The minimum absolute atomic E-state index is 0. The van der Waals surface area contributed by atoms with Gasteiger partial charge in [-0.3, -0.25) is 0 Å². The second-order valence-corrected chi connectivity index (χ2v) is 2.96. The van der Waals surface area contributed by atoms with E-state index in [1.54, 1.807) is 0 Å². The Morgan fingerprint density at radius 1 is 0.297 bits per heavy atom. The van der Waals surface area contributed by atoms with Crippen molar-refractivity contribution in [3.8, 4) is 0 Å². The molecule has 0 rings (SSSR count). The third-order valence-electron chi connectivity index (χ3n) is 0.873. The molecule has 37 heavy (non-hydrogen) atoms. The summed E-state index contributed by atoms with van der Waals surface area (Å²) >= 11 is 0. The summed E-state index contributed by atoms with van der Waals surface area (Å²) in [5.74, 6) is -20.0. The molecule has 0 aromatic rings. The molecule has 0 heterocycles. The summed E-state index contributed by atoms with van der Waals surface area (Å²) in [6, 6.07) is 0. The number of rotatable bonds is 0. The van der Waals surface area contributed by atoms with Crippen LogP contribution in [0.15, 0.2) is 0 Å². The molecule has 0 aliphatic carbocycles. The number of carboxylic acids is 10. The van der Waals surface area contributed by atoms with Crippen molar-refractivity contribution in [1.29, 1.82) is 0 Å². The van der Waals surface area contributed by atoms with Gasteiger partial charge in [0.2, 0.25) is 0 Å². The normalized spacial score (nSPS) is 5.95. The van der Waals surface area contributed by atoms with Crippen molar-refractivity contribution in [2.45, 2.75) is 0 Å². The topological polar surface area (TPSA) is 576 Å². The van der Waals surface area contributed by atoms with Gasteiger partial charge in [0.1, 0.15) is 0 Å². The fourth-order valence-corrected chi connectivity index (χ4v) is 0. The molecule has 26 nitrogen and oxygen atoms in total. The number of carbonyl (C=O) groups is 10. The zero-order valence-corrected chi connectivity index (χ0v) is 19.0. The maximum Gasteiger partial charge on any atom is 5.00 e. The van der Waals surface area contributed by atoms with E-state index in [0.717, 1.165) is 0 Å². The van der Waals surface area contributed by atoms with Gasteiger partial charge in [-0.25, -0.2) is 24.0 Å². The third-order valence-corrected chi connectivity index (χ3v) is 0.873. The summed E-state index contributed by atoms with van der Waals surface area (Å²) in [5.41, 5.74) is 0. The zero-order chi connectivity index (χ0) is 25.8. The monoisotopic (exact) mass is 646 g/mol. The molecule has 0 fully saturated rings. The van der Waals surface area contributed by atoms with Gasteiger partial charge >= 0.3 is 52.2 Å². The van der Waals surface area contributed by atoms with Crippen LogP contribution < -0.4 is 25.5 Å². The second-order valence-electron chi connectivity index (χ2n) is 2.96. The van der Waals surface area contributed by atoms with E-state index in [2.05, 4.69) is 0 Å². The fourth-order valence-electron chi connectivity index (χ4n) is 0. The SMILES string of the molecule is O.O.O.O.O.O.O=C([O-])C(=O)O.O=C([O-])C(=O)O.O=C([O-])C(=O)O.O=C([O-])C(=O)O.O=C([O-])C(=O)O.[Nb+5]. The van der Waals surface area contributed by atoms with Crippen LogP contribution >= 0.6 is 0 Å². The Bertz CT molecular complexity index is 507. The van der Waals surface area contributed by atoms with Gasteiger partial charge in [-0.2, -0.15) is 0 Å². The van der Waals surface area contributed by atoms with Crippen LogP contribution in [0.2, 0.25) is 0 Å². The minimum atomic E-state index is -2.07. The summed E-state index contributed by atoms with van der Waals surface area (Å²) in [5, 5.41) is 81.6. The molecule has 0 radical (unpaired) electrons. The number of hydrogen-bond acceptors (Lipinski definition) is 15. The van der Waals surface area contributed by atoms with Crippen LogP contribution in [0.3, 0.4) is 0 Å². The zero-order valence-electron chi connectivity index (χ0n) is 16.8. The van der Waals surface area contributed by atoms with Gasteiger partial charge in [0.15, 0.2) is 29.8 Å². The van der Waals surface area contributed by atoms with E-state index in [1.807, 2.05) is 0 Å². The van der Waals surface area contributed by atoms with Gasteiger partial charge in [-0.15, -0.1) is 0 Å². The largest absolute Gasteiger partial charge is 5.00 e. The van der Waals surface area contributed by atoms with Crippen molar-refractivity contribution >= 4 is 59.7 Å². The van der Waals surface area contributed by atoms with Gasteiger partial charge in [0.25, 0.3) is 0 Å². The number of carbonyl (C=O) groups excluding carboxylic acids is 5. The third kappa shape index (κ3) is 115. The molecule has 27 heteroatoms. The maximum atomic E-state index is 9.04. The van der Waals surface area contributed by atoms with Crippen molar-refractivity contribution < 1.29 is 154 Å². The summed E-state index contributed by atoms with van der Waals surface area (Å²) in [6.45, 7) is 0. The Morgan fingerprint density at radius 2 is 0.324 bits per heavy atom. The van der Waals surface area contributed by atoms with Crippen molar-refractivity contribution in [1.82, 2.24) is 0 Å². The first-order chi connectivity index (χ1) is 13.2. The first-order valence-electron chi connectivity index (χ1n) is 5.43. The van der Waals surface area contributed by atoms with Crippen LogP contribution in [-0.4, -0.2) is 118 Å². The molecule has 0 aromatic carbocycles. The molecule has 0 aromatic heterocycles. The molecular weight excluding hydrogens is 629 g/mol. The molecule has 0 saturated heterocycles. The molecular formula is C10H17NbO26. The summed E-state index contributed by atoms with van der Waals surface area (Å²) in [6.07, 6.45) is 0. The molecule has 0 aliphatic rings. The van der Waals surface area contributed by atoms with Gasteiger partial charge in [-0.1, -0.05) is 0 Å². The van der Waals surface area contributed by atoms with Gasteiger partial charge in [0.05, 0.1) is 0 Å². The predicted molar refractivity (Wildman–Crippen MR) is 84.9 cm³/mol. The van der Waals surface area contributed by atoms with E-state index in [-0.39, 0.29) is 55.2 Å². The van der Waals surface area contributed by atoms with Gasteiger partial charge in [-0.05, 0) is 0 Å². The molecule has 17 N–H and O–H groups in total. The average Bonchev–Trinajstić information content (AvgIpc) is 2.56. The van der Waals surface area contributed by atoms with Crippen molar-refractivity contribution in [3.05, 3.63) is 0 Å². The quantitative estimate of drug-likeness (QED) is 0.120. The fraction of sp³-hybridized carbons (Fsp3) is 0. The van der Waals surface area contributed by atoms with Crippen LogP contribution in [0.25, 0.3) is 0 Å². The Hall–Kier alpha value is -4.80. The number of carboxylic acid groups (broad SMARTS) is 10. The molecule has 0 unspecified atom stereocenters. The van der Waals surface area contributed by atoms with Crippen molar-refractivity contribution in [2.75, 3.05) is 0 Å². The smallest absolute Gasteiger partial charge is 0.539 e. The van der Waals surface area contributed by atoms with Crippen LogP contribution in [0.4, 0.5) is 0 Å². The Morgan fingerprint density at radius 3 is 0.324 bits per heavy atom. The molecule has 0 spiro atoms. The van der Waals surface area contributed by atoms with E-state index >= 15 is 0 Å². The summed E-state index contributed by atoms with van der Waals surface area (Å²) < 4.78 is 0. The van der Waals surface area contributed by atoms with Crippen LogP contribution in [0, 0.1) is 0 Å². The van der Waals surface area contributed by atoms with E-state index in [4.69, 9.17) is 99.0 Å². The summed E-state index contributed by atoms with van der Waals surface area (Å²) in [7, 11) is 0.